The number of Topliss-reactive ketones (excluding diaryl/α,β-unsaturated/α-hetero) is 1. The molecule has 0 unspecified atom stereocenters. The van der Waals surface area contributed by atoms with Crippen molar-refractivity contribution in [3.8, 4) is 5.75 Å². The molecule has 0 atom stereocenters. The van der Waals surface area contributed by atoms with E-state index in [4.69, 9.17) is 0 Å². The van der Waals surface area contributed by atoms with E-state index < -0.39 is 12.1 Å². The van der Waals surface area contributed by atoms with Gasteiger partial charge < -0.3 is 4.74 Å². The second kappa shape index (κ2) is 9.49. The van der Waals surface area contributed by atoms with Crippen molar-refractivity contribution in [3.05, 3.63) is 29.8 Å². The summed E-state index contributed by atoms with van der Waals surface area (Å²) in [7, 11) is 0. The van der Waals surface area contributed by atoms with Gasteiger partial charge in [0.15, 0.2) is 5.78 Å². The van der Waals surface area contributed by atoms with Crippen molar-refractivity contribution in [2.24, 2.45) is 0 Å². The van der Waals surface area contributed by atoms with Gasteiger partial charge in [-0.15, -0.1) is 13.2 Å². The molecular weight excluding hydrogens is 293 g/mol. The predicted molar refractivity (Wildman–Crippen MR) is 80.1 cm³/mol. The van der Waals surface area contributed by atoms with Gasteiger partial charge in [-0.05, 0) is 18.6 Å². The molecule has 0 saturated carbocycles. The number of unbranched alkanes of at least 4 members (excludes halogenated alkanes) is 6. The van der Waals surface area contributed by atoms with Gasteiger partial charge in [0, 0.05) is 6.42 Å². The molecule has 0 heterocycles. The van der Waals surface area contributed by atoms with Crippen LogP contribution >= 0.6 is 0 Å². The molecule has 0 aromatic heterocycles. The number of rotatable bonds is 10. The van der Waals surface area contributed by atoms with Gasteiger partial charge in [-0.3, -0.25) is 4.79 Å². The van der Waals surface area contributed by atoms with Crippen LogP contribution in [-0.2, 0) is 0 Å². The number of para-hydroxylation sites is 1. The van der Waals surface area contributed by atoms with E-state index in [0.29, 0.717) is 6.42 Å². The van der Waals surface area contributed by atoms with Crippen molar-refractivity contribution in [1.29, 1.82) is 0 Å². The molecule has 2 nitrogen and oxygen atoms in total. The summed E-state index contributed by atoms with van der Waals surface area (Å²) in [4.78, 5) is 12.0. The van der Waals surface area contributed by atoms with Gasteiger partial charge in [0.05, 0.1) is 5.56 Å². The quantitative estimate of drug-likeness (QED) is 0.396. The van der Waals surface area contributed by atoms with E-state index in [2.05, 4.69) is 11.7 Å². The van der Waals surface area contributed by atoms with Crippen LogP contribution in [0, 0.1) is 0 Å². The molecule has 0 bridgehead atoms. The largest absolute Gasteiger partial charge is 0.573 e. The maximum Gasteiger partial charge on any atom is 0.573 e. The molecule has 0 amide bonds. The van der Waals surface area contributed by atoms with Crippen molar-refractivity contribution in [2.45, 2.75) is 64.7 Å². The first-order valence-electron chi connectivity index (χ1n) is 7.82. The zero-order valence-electron chi connectivity index (χ0n) is 12.9. The first-order chi connectivity index (χ1) is 10.4. The average molecular weight is 316 g/mol. The Balaban J connectivity index is 2.42. The Hall–Kier alpha value is -1.52. The fourth-order valence-corrected chi connectivity index (χ4v) is 2.29. The Morgan fingerprint density at radius 2 is 1.59 bits per heavy atom. The molecule has 1 aromatic carbocycles. The SMILES string of the molecule is CCCCCCCCCC(=O)c1ccccc1OC(F)(F)F. The van der Waals surface area contributed by atoms with E-state index in [1.54, 1.807) is 6.07 Å². The molecule has 124 valence electrons. The summed E-state index contributed by atoms with van der Waals surface area (Å²) in [6.45, 7) is 2.15. The van der Waals surface area contributed by atoms with Crippen LogP contribution in [0.3, 0.4) is 0 Å². The van der Waals surface area contributed by atoms with Crippen molar-refractivity contribution >= 4 is 5.78 Å². The van der Waals surface area contributed by atoms with Gasteiger partial charge in [-0.1, -0.05) is 57.6 Å². The number of carbonyl (C=O) groups is 1. The molecule has 5 heteroatoms. The highest BCUT2D eigenvalue weighted by atomic mass is 19.4. The predicted octanol–water partition coefficient (Wildman–Crippen LogP) is 5.91. The number of ether oxygens (including phenoxy) is 1. The third-order valence-corrected chi connectivity index (χ3v) is 3.42. The Kier molecular flexibility index (Phi) is 7.99. The van der Waals surface area contributed by atoms with Crippen molar-refractivity contribution in [1.82, 2.24) is 0 Å². The number of benzene rings is 1. The summed E-state index contributed by atoms with van der Waals surface area (Å²) in [5, 5.41) is 0. The monoisotopic (exact) mass is 316 g/mol. The van der Waals surface area contributed by atoms with E-state index in [1.807, 2.05) is 0 Å². The molecule has 0 aliphatic heterocycles. The lowest BCUT2D eigenvalue weighted by Crippen LogP contribution is -2.19. The minimum atomic E-state index is -4.78. The molecule has 22 heavy (non-hydrogen) atoms. The fraction of sp³-hybridized carbons (Fsp3) is 0.588. The second-order valence-electron chi connectivity index (χ2n) is 5.34. The topological polar surface area (TPSA) is 26.3 Å². The number of hydrogen-bond acceptors (Lipinski definition) is 2. The molecule has 0 radical (unpaired) electrons. The van der Waals surface area contributed by atoms with Crippen LogP contribution in [0.15, 0.2) is 24.3 Å². The molecular formula is C17H23F3O2. The first kappa shape index (κ1) is 18.5. The van der Waals surface area contributed by atoms with Crippen LogP contribution in [0.5, 0.6) is 5.75 Å². The zero-order chi connectivity index (χ0) is 16.4. The van der Waals surface area contributed by atoms with E-state index in [1.165, 1.54) is 37.5 Å². The minimum Gasteiger partial charge on any atom is -0.405 e. The van der Waals surface area contributed by atoms with E-state index >= 15 is 0 Å². The normalized spacial score (nSPS) is 11.5. The third kappa shape index (κ3) is 7.48. The lowest BCUT2D eigenvalue weighted by Gasteiger charge is -2.12. The van der Waals surface area contributed by atoms with Gasteiger partial charge in [-0.2, -0.15) is 0 Å². The highest BCUT2D eigenvalue weighted by Gasteiger charge is 2.32. The molecule has 0 spiro atoms. The van der Waals surface area contributed by atoms with Crippen molar-refractivity contribution < 1.29 is 22.7 Å². The Labute approximate surface area is 129 Å². The molecule has 0 saturated heterocycles. The lowest BCUT2D eigenvalue weighted by atomic mass is 10.0. The molecule has 0 N–H and O–H groups in total. The number of alkyl halides is 3. The summed E-state index contributed by atoms with van der Waals surface area (Å²) < 4.78 is 40.8. The van der Waals surface area contributed by atoms with Crippen LogP contribution in [0.25, 0.3) is 0 Å². The standard InChI is InChI=1S/C17H23F3O2/c1-2-3-4-5-6-7-8-12-15(21)14-11-9-10-13-16(14)22-17(18,19)20/h9-11,13H,2-8,12H2,1H3. The maximum absolute atomic E-state index is 12.3. The van der Waals surface area contributed by atoms with Crippen LogP contribution in [0.1, 0.15) is 68.6 Å². The van der Waals surface area contributed by atoms with Crippen molar-refractivity contribution in [3.63, 3.8) is 0 Å². The number of halogens is 3. The molecule has 0 aliphatic rings. The van der Waals surface area contributed by atoms with Crippen molar-refractivity contribution in [2.75, 3.05) is 0 Å². The van der Waals surface area contributed by atoms with Gasteiger partial charge in [0.1, 0.15) is 5.75 Å². The summed E-state index contributed by atoms with van der Waals surface area (Å²) in [5.74, 6) is -0.712. The highest BCUT2D eigenvalue weighted by molar-refractivity contribution is 5.98. The highest BCUT2D eigenvalue weighted by Crippen LogP contribution is 2.27. The van der Waals surface area contributed by atoms with Gasteiger partial charge in [-0.25, -0.2) is 0 Å². The average Bonchev–Trinajstić information content (AvgIpc) is 2.45. The number of hydrogen-bond donors (Lipinski definition) is 0. The van der Waals surface area contributed by atoms with Crippen LogP contribution in [0.2, 0.25) is 0 Å². The summed E-state index contributed by atoms with van der Waals surface area (Å²) in [6, 6.07) is 5.52. The second-order valence-corrected chi connectivity index (χ2v) is 5.34. The summed E-state index contributed by atoms with van der Waals surface area (Å²) in [6.07, 6.45) is 2.93. The van der Waals surface area contributed by atoms with Crippen LogP contribution in [0.4, 0.5) is 13.2 Å². The van der Waals surface area contributed by atoms with Gasteiger partial charge in [0.25, 0.3) is 0 Å². The third-order valence-electron chi connectivity index (χ3n) is 3.42. The van der Waals surface area contributed by atoms with E-state index in [9.17, 15) is 18.0 Å². The van der Waals surface area contributed by atoms with Gasteiger partial charge >= 0.3 is 6.36 Å². The molecule has 0 fully saturated rings. The first-order valence-corrected chi connectivity index (χ1v) is 7.82. The molecule has 1 rings (SSSR count). The minimum absolute atomic E-state index is 0.00538. The van der Waals surface area contributed by atoms with Crippen LogP contribution < -0.4 is 4.74 Å². The summed E-state index contributed by atoms with van der Waals surface area (Å²) >= 11 is 0. The number of carbonyl (C=O) groups excluding carboxylic acids is 1. The molecule has 1 aromatic rings. The lowest BCUT2D eigenvalue weighted by molar-refractivity contribution is -0.274. The van der Waals surface area contributed by atoms with E-state index in [-0.39, 0.29) is 17.8 Å². The summed E-state index contributed by atoms with van der Waals surface area (Å²) in [5.41, 5.74) is 0.00538. The number of ketones is 1. The Morgan fingerprint density at radius 3 is 2.23 bits per heavy atom. The Morgan fingerprint density at radius 1 is 1.00 bits per heavy atom. The molecule has 0 aliphatic carbocycles. The zero-order valence-corrected chi connectivity index (χ0v) is 12.9. The van der Waals surface area contributed by atoms with E-state index in [0.717, 1.165) is 19.3 Å². The Bertz CT molecular complexity index is 455. The smallest absolute Gasteiger partial charge is 0.405 e. The van der Waals surface area contributed by atoms with Gasteiger partial charge in [0.2, 0.25) is 0 Å². The fourth-order valence-electron chi connectivity index (χ4n) is 2.29. The van der Waals surface area contributed by atoms with Crippen LogP contribution in [-0.4, -0.2) is 12.1 Å². The maximum atomic E-state index is 12.3.